The number of methoxy groups -OCH3 is 3. The molecule has 0 aliphatic carbocycles. The van der Waals surface area contributed by atoms with Gasteiger partial charge in [-0.2, -0.15) is 8.78 Å². The van der Waals surface area contributed by atoms with Crippen molar-refractivity contribution in [3.63, 3.8) is 0 Å². The van der Waals surface area contributed by atoms with Gasteiger partial charge >= 0.3 is 6.61 Å². The fraction of sp³-hybridized carbons (Fsp3) is 0.435. The van der Waals surface area contributed by atoms with Crippen LogP contribution in [0.25, 0.3) is 0 Å². The molecule has 0 saturated carbocycles. The predicted octanol–water partition coefficient (Wildman–Crippen LogP) is 3.07. The number of alkyl halides is 2. The van der Waals surface area contributed by atoms with E-state index in [1.165, 1.54) is 12.1 Å². The lowest BCUT2D eigenvalue weighted by atomic mass is 10.1. The first-order chi connectivity index (χ1) is 15.9. The van der Waals surface area contributed by atoms with E-state index in [0.717, 1.165) is 18.7 Å². The highest BCUT2D eigenvalue weighted by Gasteiger charge is 2.22. The summed E-state index contributed by atoms with van der Waals surface area (Å²) in [7, 11) is 4.75. The summed E-state index contributed by atoms with van der Waals surface area (Å²) in [6.07, 6.45) is 0. The van der Waals surface area contributed by atoms with E-state index < -0.39 is 6.61 Å². The van der Waals surface area contributed by atoms with Gasteiger partial charge in [-0.25, -0.2) is 0 Å². The molecule has 0 unspecified atom stereocenters. The molecule has 1 aliphatic heterocycles. The molecule has 2 aromatic carbocycles. The molecule has 10 heteroatoms. The molecule has 0 spiro atoms. The third-order valence-corrected chi connectivity index (χ3v) is 5.39. The van der Waals surface area contributed by atoms with Gasteiger partial charge in [0.25, 0.3) is 0 Å². The summed E-state index contributed by atoms with van der Waals surface area (Å²) in [5.74, 6) is 1.46. The Labute approximate surface area is 192 Å². The number of nitrogens with one attached hydrogen (secondary N) is 1. The zero-order valence-electron chi connectivity index (χ0n) is 19.0. The first kappa shape index (κ1) is 24.5. The Balaban J connectivity index is 1.53. The van der Waals surface area contributed by atoms with Crippen molar-refractivity contribution < 1.29 is 32.5 Å². The number of carbonyl (C=O) groups excluding carboxylic acids is 1. The van der Waals surface area contributed by atoms with Crippen LogP contribution in [0.15, 0.2) is 36.4 Å². The number of benzene rings is 2. The maximum absolute atomic E-state index is 12.6. The van der Waals surface area contributed by atoms with Crippen LogP contribution >= 0.6 is 0 Å². The Morgan fingerprint density at radius 3 is 2.21 bits per heavy atom. The fourth-order valence-corrected chi connectivity index (χ4v) is 3.80. The lowest BCUT2D eigenvalue weighted by molar-refractivity contribution is -0.117. The van der Waals surface area contributed by atoms with Crippen LogP contribution in [0.5, 0.6) is 23.0 Å². The van der Waals surface area contributed by atoms with E-state index in [0.29, 0.717) is 36.9 Å². The van der Waals surface area contributed by atoms with Crippen LogP contribution in [0.1, 0.15) is 5.56 Å². The Bertz CT molecular complexity index is 936. The summed E-state index contributed by atoms with van der Waals surface area (Å²) in [6, 6.07) is 9.95. The average Bonchev–Trinajstić information content (AvgIpc) is 2.80. The largest absolute Gasteiger partial charge is 0.493 e. The molecule has 3 rings (SSSR count). The second-order valence-corrected chi connectivity index (χ2v) is 7.47. The lowest BCUT2D eigenvalue weighted by Crippen LogP contribution is -2.48. The zero-order chi connectivity index (χ0) is 23.8. The van der Waals surface area contributed by atoms with Crippen LogP contribution in [0, 0.1) is 0 Å². The van der Waals surface area contributed by atoms with Crippen molar-refractivity contribution in [1.29, 1.82) is 0 Å². The van der Waals surface area contributed by atoms with E-state index in [1.807, 2.05) is 17.0 Å². The van der Waals surface area contributed by atoms with Crippen molar-refractivity contribution in [2.45, 2.75) is 13.2 Å². The Hall–Kier alpha value is -3.11. The van der Waals surface area contributed by atoms with Crippen LogP contribution in [0.2, 0.25) is 0 Å². The highest BCUT2D eigenvalue weighted by atomic mass is 19.3. The number of hydrogen-bond acceptors (Lipinski definition) is 7. The van der Waals surface area contributed by atoms with Gasteiger partial charge in [0, 0.05) is 38.3 Å². The first-order valence-corrected chi connectivity index (χ1v) is 10.5. The molecule has 2 aromatic rings. The number of amides is 1. The smallest absolute Gasteiger partial charge is 0.387 e. The third kappa shape index (κ3) is 6.45. The standard InChI is InChI=1S/C23H29F2N3O5/c1-30-19-9-8-16(21(31-2)22(19)32-3)14-27-10-12-28(13-11-27)15-20(29)26-17-6-4-5-7-18(17)33-23(24)25/h4-9,23H,10-15H2,1-3H3,(H,26,29). The number of halogens is 2. The van der Waals surface area contributed by atoms with Gasteiger partial charge in [-0.05, 0) is 18.2 Å². The van der Waals surface area contributed by atoms with E-state index >= 15 is 0 Å². The predicted molar refractivity (Wildman–Crippen MR) is 120 cm³/mol. The van der Waals surface area contributed by atoms with Crippen molar-refractivity contribution >= 4 is 11.6 Å². The van der Waals surface area contributed by atoms with Crippen LogP contribution < -0.4 is 24.3 Å². The van der Waals surface area contributed by atoms with Gasteiger partial charge in [0.1, 0.15) is 5.75 Å². The van der Waals surface area contributed by atoms with Crippen LogP contribution in [0.4, 0.5) is 14.5 Å². The van der Waals surface area contributed by atoms with E-state index in [2.05, 4.69) is 15.0 Å². The van der Waals surface area contributed by atoms with Gasteiger partial charge in [-0.3, -0.25) is 14.6 Å². The second kappa shape index (κ2) is 11.7. The number of rotatable bonds is 10. The summed E-state index contributed by atoms with van der Waals surface area (Å²) in [5.41, 5.74) is 1.21. The summed E-state index contributed by atoms with van der Waals surface area (Å²) in [4.78, 5) is 16.7. The molecule has 1 heterocycles. The number of hydrogen-bond donors (Lipinski definition) is 1. The molecule has 1 fully saturated rings. The van der Waals surface area contributed by atoms with Gasteiger partial charge in [-0.1, -0.05) is 18.2 Å². The maximum Gasteiger partial charge on any atom is 0.387 e. The molecular formula is C23H29F2N3O5. The quantitative estimate of drug-likeness (QED) is 0.578. The summed E-state index contributed by atoms with van der Waals surface area (Å²) in [5, 5.41) is 2.66. The zero-order valence-corrected chi connectivity index (χ0v) is 19.0. The summed E-state index contributed by atoms with van der Waals surface area (Å²) < 4.78 is 45.9. The highest BCUT2D eigenvalue weighted by molar-refractivity contribution is 5.93. The molecule has 0 radical (unpaired) electrons. The molecule has 1 saturated heterocycles. The molecule has 0 aromatic heterocycles. The minimum Gasteiger partial charge on any atom is -0.493 e. The van der Waals surface area contributed by atoms with Crippen molar-refractivity contribution in [3.05, 3.63) is 42.0 Å². The molecule has 0 bridgehead atoms. The minimum atomic E-state index is -2.96. The van der Waals surface area contributed by atoms with Gasteiger partial charge in [0.2, 0.25) is 11.7 Å². The number of nitrogens with zero attached hydrogens (tertiary/aromatic N) is 2. The van der Waals surface area contributed by atoms with E-state index in [9.17, 15) is 13.6 Å². The molecule has 180 valence electrons. The Kier molecular flexibility index (Phi) is 8.67. The van der Waals surface area contributed by atoms with Crippen molar-refractivity contribution in [2.75, 3.05) is 59.4 Å². The van der Waals surface area contributed by atoms with Gasteiger partial charge in [-0.15, -0.1) is 0 Å². The lowest BCUT2D eigenvalue weighted by Gasteiger charge is -2.34. The summed E-state index contributed by atoms with van der Waals surface area (Å²) in [6.45, 7) is 0.779. The van der Waals surface area contributed by atoms with E-state index in [1.54, 1.807) is 33.5 Å². The molecule has 1 amide bonds. The van der Waals surface area contributed by atoms with Crippen LogP contribution in [0.3, 0.4) is 0 Å². The Morgan fingerprint density at radius 1 is 0.909 bits per heavy atom. The molecule has 1 aliphatic rings. The number of anilines is 1. The number of carbonyl (C=O) groups is 1. The monoisotopic (exact) mass is 465 g/mol. The average molecular weight is 465 g/mol. The van der Waals surface area contributed by atoms with E-state index in [-0.39, 0.29) is 23.9 Å². The van der Waals surface area contributed by atoms with Crippen molar-refractivity contribution in [3.8, 4) is 23.0 Å². The number of para-hydroxylation sites is 2. The molecule has 33 heavy (non-hydrogen) atoms. The van der Waals surface area contributed by atoms with Crippen molar-refractivity contribution in [1.82, 2.24) is 9.80 Å². The Morgan fingerprint density at radius 2 is 1.58 bits per heavy atom. The van der Waals surface area contributed by atoms with E-state index in [4.69, 9.17) is 14.2 Å². The molecule has 0 atom stereocenters. The normalized spacial score (nSPS) is 14.7. The number of piperazine rings is 1. The molecular weight excluding hydrogens is 436 g/mol. The van der Waals surface area contributed by atoms with Gasteiger partial charge in [0.15, 0.2) is 11.5 Å². The van der Waals surface area contributed by atoms with Gasteiger partial charge < -0.3 is 24.3 Å². The van der Waals surface area contributed by atoms with Crippen molar-refractivity contribution in [2.24, 2.45) is 0 Å². The van der Waals surface area contributed by atoms with Crippen LogP contribution in [-0.2, 0) is 11.3 Å². The second-order valence-electron chi connectivity index (χ2n) is 7.47. The third-order valence-electron chi connectivity index (χ3n) is 5.39. The molecule has 8 nitrogen and oxygen atoms in total. The van der Waals surface area contributed by atoms with Gasteiger partial charge in [0.05, 0.1) is 33.6 Å². The minimum absolute atomic E-state index is 0.0606. The molecule has 1 N–H and O–H groups in total. The fourth-order valence-electron chi connectivity index (χ4n) is 3.80. The number of ether oxygens (including phenoxy) is 4. The highest BCUT2D eigenvalue weighted by Crippen LogP contribution is 2.40. The van der Waals surface area contributed by atoms with Crippen LogP contribution in [-0.4, -0.2) is 76.4 Å². The SMILES string of the molecule is COc1ccc(CN2CCN(CC(=O)Nc3ccccc3OC(F)F)CC2)c(OC)c1OC. The first-order valence-electron chi connectivity index (χ1n) is 10.5. The summed E-state index contributed by atoms with van der Waals surface area (Å²) >= 11 is 0. The maximum atomic E-state index is 12.6. The topological polar surface area (TPSA) is 72.5 Å².